The summed E-state index contributed by atoms with van der Waals surface area (Å²) in [7, 11) is 1.48. The van der Waals surface area contributed by atoms with E-state index in [1.54, 1.807) is 6.07 Å². The van der Waals surface area contributed by atoms with Gasteiger partial charge in [0.05, 0.1) is 24.1 Å². The van der Waals surface area contributed by atoms with Gasteiger partial charge in [-0.05, 0) is 37.6 Å². The van der Waals surface area contributed by atoms with Crippen LogP contribution in [-0.4, -0.2) is 41.2 Å². The second kappa shape index (κ2) is 6.08. The Hall–Kier alpha value is -3.35. The molecule has 2 aromatic carbocycles. The molecule has 1 atom stereocenters. The van der Waals surface area contributed by atoms with Crippen molar-refractivity contribution in [1.29, 1.82) is 0 Å². The highest BCUT2D eigenvalue weighted by Gasteiger charge is 2.67. The van der Waals surface area contributed by atoms with E-state index in [0.717, 1.165) is 16.2 Å². The predicted molar refractivity (Wildman–Crippen MR) is 109 cm³/mol. The van der Waals surface area contributed by atoms with Crippen molar-refractivity contribution in [2.75, 3.05) is 18.6 Å². The van der Waals surface area contributed by atoms with E-state index in [0.29, 0.717) is 24.5 Å². The van der Waals surface area contributed by atoms with Gasteiger partial charge in [0.2, 0.25) is 11.8 Å². The number of carbonyl (C=O) groups excluding carboxylic acids is 3. The number of anilines is 1. The van der Waals surface area contributed by atoms with E-state index in [2.05, 4.69) is 0 Å². The van der Waals surface area contributed by atoms with Crippen LogP contribution in [0, 0.1) is 5.41 Å². The van der Waals surface area contributed by atoms with E-state index in [1.807, 2.05) is 61.3 Å². The van der Waals surface area contributed by atoms with Crippen LogP contribution in [0.25, 0.3) is 0 Å². The molecule has 0 N–H and O–H groups in total. The number of hydrogen-bond acceptors (Lipinski definition) is 5. The van der Waals surface area contributed by atoms with E-state index >= 15 is 0 Å². The van der Waals surface area contributed by atoms with Gasteiger partial charge in [0.25, 0.3) is 5.91 Å². The molecular weight excluding hydrogens is 382 g/mol. The average molecular weight is 405 g/mol. The second-order valence-electron chi connectivity index (χ2n) is 8.81. The van der Waals surface area contributed by atoms with Crippen LogP contribution in [0.4, 0.5) is 5.69 Å². The molecule has 3 heterocycles. The largest absolute Gasteiger partial charge is 0.489 e. The Balaban J connectivity index is 1.58. The minimum absolute atomic E-state index is 0.0597. The zero-order valence-corrected chi connectivity index (χ0v) is 17.2. The number of amides is 3. The lowest BCUT2D eigenvalue weighted by Crippen LogP contribution is -2.53. The fourth-order valence-corrected chi connectivity index (χ4v) is 4.68. The van der Waals surface area contributed by atoms with Crippen LogP contribution >= 0.6 is 0 Å². The Morgan fingerprint density at radius 3 is 2.40 bits per heavy atom. The van der Waals surface area contributed by atoms with Crippen LogP contribution in [0.3, 0.4) is 0 Å². The smallest absolute Gasteiger partial charge is 0.262 e. The number of benzene rings is 2. The number of likely N-dealkylation sites (N-methyl/N-ethyl adjacent to an activating group) is 1. The van der Waals surface area contributed by atoms with Crippen LogP contribution in [0.2, 0.25) is 0 Å². The SMILES string of the molecule is CN1C(=O)CC2(C1=O)c1cc(OCc3ccccc3)ccc1N1CC(C)(C)C(=O)N12. The van der Waals surface area contributed by atoms with Crippen molar-refractivity contribution in [3.8, 4) is 5.75 Å². The molecular formula is C23H23N3O4. The van der Waals surface area contributed by atoms with Gasteiger partial charge in [0.1, 0.15) is 12.4 Å². The quantitative estimate of drug-likeness (QED) is 0.734. The van der Waals surface area contributed by atoms with Gasteiger partial charge in [-0.1, -0.05) is 30.3 Å². The average Bonchev–Trinajstić information content (AvgIpc) is 3.23. The first-order valence-corrected chi connectivity index (χ1v) is 10.00. The minimum atomic E-state index is -1.34. The van der Waals surface area contributed by atoms with Crippen molar-refractivity contribution in [3.63, 3.8) is 0 Å². The summed E-state index contributed by atoms with van der Waals surface area (Å²) in [6.07, 6.45) is -0.0597. The Kier molecular flexibility index (Phi) is 3.78. The van der Waals surface area contributed by atoms with Crippen LogP contribution in [0.1, 0.15) is 31.4 Å². The van der Waals surface area contributed by atoms with Gasteiger partial charge in [-0.15, -0.1) is 0 Å². The molecule has 2 saturated heterocycles. The third-order valence-electron chi connectivity index (χ3n) is 6.30. The highest BCUT2D eigenvalue weighted by Crippen LogP contribution is 2.55. The number of hydrogen-bond donors (Lipinski definition) is 0. The molecule has 1 unspecified atom stereocenters. The zero-order valence-electron chi connectivity index (χ0n) is 17.2. The van der Waals surface area contributed by atoms with Crippen LogP contribution in [-0.2, 0) is 26.5 Å². The van der Waals surface area contributed by atoms with Gasteiger partial charge in [-0.2, -0.15) is 0 Å². The second-order valence-corrected chi connectivity index (χ2v) is 8.81. The summed E-state index contributed by atoms with van der Waals surface area (Å²) in [5.41, 5.74) is 0.480. The maximum Gasteiger partial charge on any atom is 0.262 e. The van der Waals surface area contributed by atoms with Crippen molar-refractivity contribution >= 4 is 23.4 Å². The molecule has 7 nitrogen and oxygen atoms in total. The Labute approximate surface area is 174 Å². The van der Waals surface area contributed by atoms with Gasteiger partial charge in [0, 0.05) is 12.6 Å². The number of imide groups is 1. The van der Waals surface area contributed by atoms with Crippen molar-refractivity contribution in [1.82, 2.24) is 9.91 Å². The standard InChI is InChI=1S/C23H23N3O4/c1-22(2)14-25-18-10-9-16(30-13-15-7-5-4-6-8-15)11-17(18)23(26(25)20(22)28)12-19(27)24(3)21(23)29/h4-11H,12-14H2,1-3H3. The first-order chi connectivity index (χ1) is 14.3. The fourth-order valence-electron chi connectivity index (χ4n) is 4.68. The van der Waals surface area contributed by atoms with Gasteiger partial charge >= 0.3 is 0 Å². The van der Waals surface area contributed by atoms with Crippen LogP contribution < -0.4 is 9.75 Å². The third-order valence-corrected chi connectivity index (χ3v) is 6.30. The highest BCUT2D eigenvalue weighted by atomic mass is 16.5. The summed E-state index contributed by atoms with van der Waals surface area (Å²) in [4.78, 5) is 40.3. The van der Waals surface area contributed by atoms with Crippen LogP contribution in [0.15, 0.2) is 48.5 Å². The molecule has 3 amide bonds. The molecule has 0 aromatic heterocycles. The fraction of sp³-hybridized carbons (Fsp3) is 0.348. The lowest BCUT2D eigenvalue weighted by Gasteiger charge is -2.33. The Morgan fingerprint density at radius 1 is 1.00 bits per heavy atom. The topological polar surface area (TPSA) is 70.2 Å². The monoisotopic (exact) mass is 405 g/mol. The van der Waals surface area contributed by atoms with Gasteiger partial charge in [-0.3, -0.25) is 24.3 Å². The van der Waals surface area contributed by atoms with E-state index in [4.69, 9.17) is 4.74 Å². The summed E-state index contributed by atoms with van der Waals surface area (Å²) in [5, 5.41) is 3.37. The number of carbonyl (C=O) groups is 3. The normalized spacial score (nSPS) is 24.1. The number of hydrazine groups is 1. The minimum Gasteiger partial charge on any atom is -0.489 e. The van der Waals surface area contributed by atoms with Gasteiger partial charge < -0.3 is 4.74 Å². The number of ether oxygens (including phenoxy) is 1. The van der Waals surface area contributed by atoms with Crippen molar-refractivity contribution in [2.24, 2.45) is 5.41 Å². The van der Waals surface area contributed by atoms with E-state index in [-0.39, 0.29) is 24.1 Å². The van der Waals surface area contributed by atoms with E-state index < -0.39 is 11.0 Å². The molecule has 154 valence electrons. The lowest BCUT2D eigenvalue weighted by atomic mass is 9.84. The summed E-state index contributed by atoms with van der Waals surface area (Å²) >= 11 is 0. The molecule has 30 heavy (non-hydrogen) atoms. The maximum atomic E-state index is 13.3. The summed E-state index contributed by atoms with van der Waals surface area (Å²) in [5.74, 6) is -0.216. The first-order valence-electron chi connectivity index (χ1n) is 10.00. The molecule has 2 fully saturated rings. The highest BCUT2D eigenvalue weighted by molar-refractivity contribution is 6.12. The molecule has 3 aliphatic rings. The third kappa shape index (κ3) is 2.35. The van der Waals surface area contributed by atoms with E-state index in [1.165, 1.54) is 12.1 Å². The Bertz CT molecular complexity index is 1080. The van der Waals surface area contributed by atoms with Crippen LogP contribution in [0.5, 0.6) is 5.75 Å². The first kappa shape index (κ1) is 18.7. The van der Waals surface area contributed by atoms with Crippen molar-refractivity contribution in [3.05, 3.63) is 59.7 Å². The van der Waals surface area contributed by atoms with Gasteiger partial charge in [-0.25, -0.2) is 5.01 Å². The maximum absolute atomic E-state index is 13.3. The Morgan fingerprint density at radius 2 is 1.73 bits per heavy atom. The summed E-state index contributed by atoms with van der Waals surface area (Å²) in [6, 6.07) is 15.3. The predicted octanol–water partition coefficient (Wildman–Crippen LogP) is 2.45. The zero-order chi connectivity index (χ0) is 21.3. The molecule has 0 aliphatic carbocycles. The number of fused-ring (bicyclic) bond motifs is 5. The molecule has 0 radical (unpaired) electrons. The molecule has 5 rings (SSSR count). The van der Waals surface area contributed by atoms with Gasteiger partial charge in [0.15, 0.2) is 5.54 Å². The molecule has 0 bridgehead atoms. The molecule has 1 spiro atoms. The number of rotatable bonds is 3. The number of nitrogens with zero attached hydrogens (tertiary/aromatic N) is 3. The lowest BCUT2D eigenvalue weighted by molar-refractivity contribution is -0.149. The van der Waals surface area contributed by atoms with E-state index in [9.17, 15) is 14.4 Å². The summed E-state index contributed by atoms with van der Waals surface area (Å²) < 4.78 is 5.97. The molecule has 3 aliphatic heterocycles. The van der Waals surface area contributed by atoms with Crippen molar-refractivity contribution < 1.29 is 19.1 Å². The molecule has 7 heteroatoms. The number of likely N-dealkylation sites (tertiary alicyclic amines) is 1. The molecule has 0 saturated carbocycles. The summed E-state index contributed by atoms with van der Waals surface area (Å²) in [6.45, 7) is 4.57. The molecule has 2 aromatic rings. The van der Waals surface area contributed by atoms with Crippen molar-refractivity contribution in [2.45, 2.75) is 32.4 Å².